The van der Waals surface area contributed by atoms with E-state index >= 15 is 0 Å². The Labute approximate surface area is 172 Å². The Bertz CT molecular complexity index is 1130. The third-order valence-corrected chi connectivity index (χ3v) is 4.59. The van der Waals surface area contributed by atoms with Crippen molar-refractivity contribution in [3.8, 4) is 22.9 Å². The van der Waals surface area contributed by atoms with E-state index in [2.05, 4.69) is 11.9 Å². The van der Waals surface area contributed by atoms with Crippen molar-refractivity contribution in [1.82, 2.24) is 14.1 Å². The second-order valence-electron chi connectivity index (χ2n) is 6.41. The third kappa shape index (κ3) is 4.55. The first kappa shape index (κ1) is 19.0. The van der Waals surface area contributed by atoms with Crippen LogP contribution in [0.3, 0.4) is 0 Å². The highest BCUT2D eigenvalue weighted by Gasteiger charge is 2.05. The minimum atomic E-state index is -0.186. The molecule has 3 heterocycles. The molecule has 29 heavy (non-hydrogen) atoms. The van der Waals surface area contributed by atoms with E-state index < -0.39 is 0 Å². The molecule has 4 rings (SSSR count). The monoisotopic (exact) mass is 408 g/mol. The summed E-state index contributed by atoms with van der Waals surface area (Å²) in [6.45, 7) is 3.25. The molecule has 0 amide bonds. The molecular formula is C22H19ClN3O3-. The average molecular weight is 409 g/mol. The highest BCUT2D eigenvalue weighted by molar-refractivity contribution is 6.30. The van der Waals surface area contributed by atoms with Crippen molar-refractivity contribution in [3.63, 3.8) is 0 Å². The van der Waals surface area contributed by atoms with Crippen LogP contribution in [0.25, 0.3) is 5.69 Å². The maximum absolute atomic E-state index is 12.5. The molecule has 0 aliphatic rings. The number of benzene rings is 1. The SMILES string of the molecule is CCn1cc(Oc2ccc(-n3ccc(OCc4ccc(Cl)cn4)cc3=O)cc2)[cH-]1. The van der Waals surface area contributed by atoms with Crippen molar-refractivity contribution < 1.29 is 9.47 Å². The van der Waals surface area contributed by atoms with E-state index in [1.54, 1.807) is 35.2 Å². The summed E-state index contributed by atoms with van der Waals surface area (Å²) < 4.78 is 15.0. The van der Waals surface area contributed by atoms with Crippen LogP contribution < -0.4 is 15.0 Å². The van der Waals surface area contributed by atoms with Crippen LogP contribution in [0.4, 0.5) is 0 Å². The van der Waals surface area contributed by atoms with Gasteiger partial charge < -0.3 is 14.0 Å². The second kappa shape index (κ2) is 8.32. The maximum atomic E-state index is 12.5. The summed E-state index contributed by atoms with van der Waals surface area (Å²) in [5.74, 6) is 2.01. The molecule has 0 aliphatic carbocycles. The van der Waals surface area contributed by atoms with E-state index in [-0.39, 0.29) is 12.2 Å². The standard InChI is InChI=1S/C22H19ClN3O3/c1-2-25-13-21(14-25)29-19-7-5-18(6-8-19)26-10-9-20(11-22(26)27)28-15-17-4-3-16(23)12-24-17/h3-14H,2,15H2,1H3/q-1. The largest absolute Gasteiger partial charge is 0.487 e. The van der Waals surface area contributed by atoms with E-state index in [1.165, 1.54) is 6.07 Å². The number of pyridine rings is 2. The van der Waals surface area contributed by atoms with Gasteiger partial charge in [0.05, 0.1) is 16.5 Å². The van der Waals surface area contributed by atoms with Gasteiger partial charge in [-0.15, -0.1) is 0 Å². The molecule has 0 bridgehead atoms. The zero-order valence-corrected chi connectivity index (χ0v) is 16.5. The minimum Gasteiger partial charge on any atom is -0.487 e. The summed E-state index contributed by atoms with van der Waals surface area (Å²) in [6, 6.07) is 14.1. The van der Waals surface area contributed by atoms with Gasteiger partial charge in [-0.3, -0.25) is 14.3 Å². The molecule has 4 aromatic rings. The van der Waals surface area contributed by atoms with Crippen LogP contribution in [0.5, 0.6) is 17.2 Å². The van der Waals surface area contributed by atoms with Gasteiger partial charge in [-0.25, -0.2) is 0 Å². The molecule has 7 heteroatoms. The Morgan fingerprint density at radius 3 is 2.55 bits per heavy atom. The van der Waals surface area contributed by atoms with Gasteiger partial charge in [0.1, 0.15) is 18.1 Å². The van der Waals surface area contributed by atoms with Crippen LogP contribution in [0.2, 0.25) is 5.02 Å². The Morgan fingerprint density at radius 1 is 1.10 bits per heavy atom. The molecule has 1 aromatic carbocycles. The van der Waals surface area contributed by atoms with Crippen molar-refractivity contribution in [1.29, 1.82) is 0 Å². The van der Waals surface area contributed by atoms with E-state index in [4.69, 9.17) is 21.1 Å². The molecule has 6 nitrogen and oxygen atoms in total. The average Bonchev–Trinajstić information content (AvgIpc) is 2.71. The highest BCUT2D eigenvalue weighted by atomic mass is 35.5. The first-order valence-electron chi connectivity index (χ1n) is 9.17. The zero-order chi connectivity index (χ0) is 20.2. The molecule has 0 radical (unpaired) electrons. The van der Waals surface area contributed by atoms with Crippen LogP contribution in [-0.4, -0.2) is 14.1 Å². The number of halogens is 1. The van der Waals surface area contributed by atoms with Crippen LogP contribution in [0, 0.1) is 0 Å². The fraction of sp³-hybridized carbons (Fsp3) is 0.136. The summed E-state index contributed by atoms with van der Waals surface area (Å²) in [5.41, 5.74) is 1.29. The van der Waals surface area contributed by atoms with E-state index in [0.29, 0.717) is 10.8 Å². The van der Waals surface area contributed by atoms with Gasteiger partial charge in [0.2, 0.25) is 0 Å². The van der Waals surface area contributed by atoms with Gasteiger partial charge in [-0.2, -0.15) is 0 Å². The number of aryl methyl sites for hydroxylation is 1. The Hall–Kier alpha value is -3.38. The predicted octanol–water partition coefficient (Wildman–Crippen LogP) is 4.80. The quantitative estimate of drug-likeness (QED) is 0.412. The molecule has 0 spiro atoms. The van der Waals surface area contributed by atoms with Gasteiger partial charge in [0.15, 0.2) is 0 Å². The fourth-order valence-corrected chi connectivity index (χ4v) is 2.89. The third-order valence-electron chi connectivity index (χ3n) is 4.37. The zero-order valence-electron chi connectivity index (χ0n) is 15.8. The molecule has 0 unspecified atom stereocenters. The molecule has 3 aromatic heterocycles. The number of hydrogen-bond acceptors (Lipinski definition) is 4. The van der Waals surface area contributed by atoms with Gasteiger partial charge in [-0.05, 0) is 55.9 Å². The molecule has 0 fully saturated rings. The molecule has 0 saturated heterocycles. The van der Waals surface area contributed by atoms with Crippen molar-refractivity contribution in [2.45, 2.75) is 20.1 Å². The lowest BCUT2D eigenvalue weighted by molar-refractivity contribution is 0.300. The van der Waals surface area contributed by atoms with Gasteiger partial charge in [0, 0.05) is 24.1 Å². The molecule has 0 aliphatic heterocycles. The van der Waals surface area contributed by atoms with Crippen molar-refractivity contribution >= 4 is 11.6 Å². The number of hydrogen-bond donors (Lipinski definition) is 0. The lowest BCUT2D eigenvalue weighted by Crippen LogP contribution is -2.16. The smallest absolute Gasteiger partial charge is 0.258 e. The summed E-state index contributed by atoms with van der Waals surface area (Å²) in [4.78, 5) is 16.7. The molecule has 0 saturated carbocycles. The summed E-state index contributed by atoms with van der Waals surface area (Å²) in [7, 11) is 0. The lowest BCUT2D eigenvalue weighted by atomic mass is 10.3. The van der Waals surface area contributed by atoms with Crippen molar-refractivity contribution in [2.75, 3.05) is 0 Å². The number of aromatic nitrogens is 3. The van der Waals surface area contributed by atoms with Crippen LogP contribution >= 0.6 is 11.6 Å². The Morgan fingerprint density at radius 2 is 1.90 bits per heavy atom. The predicted molar refractivity (Wildman–Crippen MR) is 111 cm³/mol. The van der Waals surface area contributed by atoms with Crippen molar-refractivity contribution in [3.05, 3.63) is 94.4 Å². The molecule has 0 N–H and O–H groups in total. The lowest BCUT2D eigenvalue weighted by Gasteiger charge is -2.20. The van der Waals surface area contributed by atoms with Crippen LogP contribution in [0.15, 0.2) is 78.1 Å². The van der Waals surface area contributed by atoms with Crippen LogP contribution in [0.1, 0.15) is 12.6 Å². The topological polar surface area (TPSA) is 58.3 Å². The number of rotatable bonds is 7. The van der Waals surface area contributed by atoms with Gasteiger partial charge in [0.25, 0.3) is 5.56 Å². The second-order valence-corrected chi connectivity index (χ2v) is 6.85. The minimum absolute atomic E-state index is 0.186. The maximum Gasteiger partial charge on any atom is 0.258 e. The molecule has 0 atom stereocenters. The van der Waals surface area contributed by atoms with E-state index in [0.717, 1.165) is 29.4 Å². The fourth-order valence-electron chi connectivity index (χ4n) is 2.77. The van der Waals surface area contributed by atoms with E-state index in [1.807, 2.05) is 41.2 Å². The first-order chi connectivity index (χ1) is 14.1. The highest BCUT2D eigenvalue weighted by Crippen LogP contribution is 2.24. The van der Waals surface area contributed by atoms with Gasteiger partial charge in [-0.1, -0.05) is 24.0 Å². The molecule has 148 valence electrons. The Kier molecular flexibility index (Phi) is 5.44. The number of nitrogens with zero attached hydrogens (tertiary/aromatic N) is 3. The summed E-state index contributed by atoms with van der Waals surface area (Å²) in [6.07, 6.45) is 7.13. The number of ether oxygens (including phenoxy) is 2. The van der Waals surface area contributed by atoms with Crippen LogP contribution in [-0.2, 0) is 13.2 Å². The summed E-state index contributed by atoms with van der Waals surface area (Å²) >= 11 is 5.82. The van der Waals surface area contributed by atoms with Gasteiger partial charge >= 0.3 is 0 Å². The molecular weight excluding hydrogens is 390 g/mol. The van der Waals surface area contributed by atoms with Crippen molar-refractivity contribution in [2.24, 2.45) is 0 Å². The first-order valence-corrected chi connectivity index (χ1v) is 9.55. The normalized spacial score (nSPS) is 10.8. The summed E-state index contributed by atoms with van der Waals surface area (Å²) in [5, 5.41) is 0.568. The Balaban J connectivity index is 1.42. The van der Waals surface area contributed by atoms with E-state index in [9.17, 15) is 4.79 Å².